The van der Waals surface area contributed by atoms with E-state index in [0.717, 1.165) is 31.2 Å². The molecule has 2 rings (SSSR count). The zero-order valence-corrected chi connectivity index (χ0v) is 12.0. The fourth-order valence-electron chi connectivity index (χ4n) is 2.49. The third-order valence-electron chi connectivity index (χ3n) is 3.77. The number of sulfonamides is 1. The van der Waals surface area contributed by atoms with Gasteiger partial charge in [-0.1, -0.05) is 25.5 Å². The van der Waals surface area contributed by atoms with Crippen LogP contribution in [0.1, 0.15) is 31.7 Å². The van der Waals surface area contributed by atoms with E-state index in [1.54, 1.807) is 18.2 Å². The first-order chi connectivity index (χ1) is 9.03. The monoisotopic (exact) mass is 283 g/mol. The molecule has 2 N–H and O–H groups in total. The summed E-state index contributed by atoms with van der Waals surface area (Å²) in [5.74, 6) is 0.0455. The van der Waals surface area contributed by atoms with Crippen molar-refractivity contribution in [2.75, 3.05) is 6.54 Å². The zero-order chi connectivity index (χ0) is 13.9. The van der Waals surface area contributed by atoms with Crippen LogP contribution in [-0.2, 0) is 16.4 Å². The lowest BCUT2D eigenvalue weighted by Gasteiger charge is -2.15. The predicted octanol–water partition coefficient (Wildman–Crippen LogP) is 1.69. The summed E-state index contributed by atoms with van der Waals surface area (Å²) in [6.45, 7) is 2.31. The van der Waals surface area contributed by atoms with Gasteiger partial charge in [-0.05, 0) is 42.9 Å². The molecule has 1 saturated carbocycles. The Labute approximate surface area is 114 Å². The quantitative estimate of drug-likeness (QED) is 0.864. The van der Waals surface area contributed by atoms with Gasteiger partial charge in [0.25, 0.3) is 0 Å². The van der Waals surface area contributed by atoms with Crippen LogP contribution < -0.4 is 4.72 Å². The lowest BCUT2D eigenvalue weighted by atomic mass is 10.1. The van der Waals surface area contributed by atoms with Crippen molar-refractivity contribution in [1.29, 1.82) is 0 Å². The summed E-state index contributed by atoms with van der Waals surface area (Å²) in [5, 5.41) is 9.70. The van der Waals surface area contributed by atoms with Crippen LogP contribution in [0.4, 0.5) is 0 Å². The van der Waals surface area contributed by atoms with Gasteiger partial charge in [-0.25, -0.2) is 13.1 Å². The normalized spacial score (nSPS) is 23.7. The van der Waals surface area contributed by atoms with Crippen molar-refractivity contribution in [2.45, 2.75) is 43.6 Å². The minimum absolute atomic E-state index is 0.0455. The Morgan fingerprint density at radius 1 is 1.37 bits per heavy atom. The van der Waals surface area contributed by atoms with E-state index in [4.69, 9.17) is 0 Å². The molecular weight excluding hydrogens is 262 g/mol. The molecule has 0 bridgehead atoms. The van der Waals surface area contributed by atoms with Gasteiger partial charge in [-0.3, -0.25) is 0 Å². The molecule has 19 heavy (non-hydrogen) atoms. The largest absolute Gasteiger partial charge is 0.393 e. The van der Waals surface area contributed by atoms with Crippen LogP contribution in [0.2, 0.25) is 0 Å². The van der Waals surface area contributed by atoms with Gasteiger partial charge in [0.05, 0.1) is 11.0 Å². The number of nitrogens with one attached hydrogen (secondary N) is 1. The average molecular weight is 283 g/mol. The molecule has 1 aromatic carbocycles. The third kappa shape index (κ3) is 3.55. The van der Waals surface area contributed by atoms with Crippen molar-refractivity contribution in [3.63, 3.8) is 0 Å². The van der Waals surface area contributed by atoms with Gasteiger partial charge >= 0.3 is 0 Å². The molecule has 1 aromatic rings. The Kier molecular flexibility index (Phi) is 4.60. The number of aryl methyl sites for hydroxylation is 1. The third-order valence-corrected chi connectivity index (χ3v) is 5.19. The van der Waals surface area contributed by atoms with E-state index in [1.807, 2.05) is 13.0 Å². The highest BCUT2D eigenvalue weighted by Crippen LogP contribution is 2.25. The van der Waals surface area contributed by atoms with E-state index < -0.39 is 10.0 Å². The van der Waals surface area contributed by atoms with E-state index in [9.17, 15) is 13.5 Å². The standard InChI is InChI=1S/C14H21NO3S/c1-2-11-5-3-7-13(9-11)19(17,18)15-10-12-6-4-8-14(12)16/h3,5,7,9,12,14-16H,2,4,6,8,10H2,1H3/t12-,14+/m1/s1. The molecule has 0 heterocycles. The Balaban J connectivity index is 2.05. The number of aliphatic hydroxyl groups is 1. The predicted molar refractivity (Wildman–Crippen MR) is 74.4 cm³/mol. The lowest BCUT2D eigenvalue weighted by Crippen LogP contribution is -2.32. The van der Waals surface area contributed by atoms with Crippen molar-refractivity contribution >= 4 is 10.0 Å². The highest BCUT2D eigenvalue weighted by molar-refractivity contribution is 7.89. The molecule has 0 aromatic heterocycles. The summed E-state index contributed by atoms with van der Waals surface area (Å²) < 4.78 is 27.0. The minimum atomic E-state index is -3.46. The summed E-state index contributed by atoms with van der Waals surface area (Å²) in [6, 6.07) is 6.98. The molecule has 106 valence electrons. The molecule has 0 amide bonds. The van der Waals surface area contributed by atoms with Crippen LogP contribution >= 0.6 is 0 Å². The summed E-state index contributed by atoms with van der Waals surface area (Å²) in [6.07, 6.45) is 3.07. The molecule has 1 aliphatic rings. The molecule has 4 nitrogen and oxygen atoms in total. The van der Waals surface area contributed by atoms with Crippen LogP contribution in [0.25, 0.3) is 0 Å². The first kappa shape index (κ1) is 14.5. The molecule has 5 heteroatoms. The van der Waals surface area contributed by atoms with Crippen LogP contribution in [0.3, 0.4) is 0 Å². The van der Waals surface area contributed by atoms with Crippen LogP contribution in [0.5, 0.6) is 0 Å². The highest BCUT2D eigenvalue weighted by Gasteiger charge is 2.26. The molecule has 1 fully saturated rings. The molecule has 0 aliphatic heterocycles. The lowest BCUT2D eigenvalue weighted by molar-refractivity contribution is 0.134. The van der Waals surface area contributed by atoms with Crippen molar-refractivity contribution in [1.82, 2.24) is 4.72 Å². The second-order valence-electron chi connectivity index (χ2n) is 5.11. The maximum atomic E-state index is 12.2. The van der Waals surface area contributed by atoms with Gasteiger partial charge < -0.3 is 5.11 Å². The first-order valence-electron chi connectivity index (χ1n) is 6.79. The van der Waals surface area contributed by atoms with Gasteiger partial charge in [-0.15, -0.1) is 0 Å². The molecule has 0 unspecified atom stereocenters. The Hall–Kier alpha value is -0.910. The Bertz CT molecular complexity index is 527. The number of hydrogen-bond donors (Lipinski definition) is 2. The summed E-state index contributed by atoms with van der Waals surface area (Å²) >= 11 is 0. The van der Waals surface area contributed by atoms with Crippen LogP contribution in [0.15, 0.2) is 29.2 Å². The van der Waals surface area contributed by atoms with Crippen molar-refractivity contribution in [2.24, 2.45) is 5.92 Å². The average Bonchev–Trinajstić information content (AvgIpc) is 2.82. The smallest absolute Gasteiger partial charge is 0.240 e. The van der Waals surface area contributed by atoms with Crippen molar-refractivity contribution in [3.8, 4) is 0 Å². The summed E-state index contributed by atoms with van der Waals surface area (Å²) in [7, 11) is -3.46. The number of aliphatic hydroxyl groups excluding tert-OH is 1. The van der Waals surface area contributed by atoms with Gasteiger partial charge in [-0.2, -0.15) is 0 Å². The van der Waals surface area contributed by atoms with Crippen molar-refractivity contribution < 1.29 is 13.5 Å². The Morgan fingerprint density at radius 3 is 2.79 bits per heavy atom. The molecule has 1 aliphatic carbocycles. The summed E-state index contributed by atoms with van der Waals surface area (Å²) in [5.41, 5.74) is 1.00. The van der Waals surface area contributed by atoms with E-state index in [0.29, 0.717) is 11.4 Å². The van der Waals surface area contributed by atoms with Gasteiger partial charge in [0.15, 0.2) is 0 Å². The SMILES string of the molecule is CCc1cccc(S(=O)(=O)NC[C@H]2CCC[C@@H]2O)c1. The molecule has 0 radical (unpaired) electrons. The van der Waals surface area contributed by atoms with Crippen LogP contribution in [-0.4, -0.2) is 26.2 Å². The van der Waals surface area contributed by atoms with Crippen molar-refractivity contribution in [3.05, 3.63) is 29.8 Å². The summed E-state index contributed by atoms with van der Waals surface area (Å²) in [4.78, 5) is 0.305. The van der Waals surface area contributed by atoms with E-state index in [2.05, 4.69) is 4.72 Å². The van der Waals surface area contributed by atoms with Crippen LogP contribution in [0, 0.1) is 5.92 Å². The van der Waals surface area contributed by atoms with Gasteiger partial charge in [0.2, 0.25) is 10.0 Å². The molecular formula is C14H21NO3S. The number of hydrogen-bond acceptors (Lipinski definition) is 3. The number of rotatable bonds is 5. The van der Waals surface area contributed by atoms with E-state index >= 15 is 0 Å². The van der Waals surface area contributed by atoms with Gasteiger partial charge in [0, 0.05) is 6.54 Å². The minimum Gasteiger partial charge on any atom is -0.393 e. The second kappa shape index (κ2) is 6.03. The van der Waals surface area contributed by atoms with Gasteiger partial charge in [0.1, 0.15) is 0 Å². The second-order valence-corrected chi connectivity index (χ2v) is 6.88. The molecule has 0 saturated heterocycles. The maximum absolute atomic E-state index is 12.2. The zero-order valence-electron chi connectivity index (χ0n) is 11.2. The molecule has 2 atom stereocenters. The van der Waals surface area contributed by atoms with E-state index in [1.165, 1.54) is 0 Å². The topological polar surface area (TPSA) is 66.4 Å². The maximum Gasteiger partial charge on any atom is 0.240 e. The Morgan fingerprint density at radius 2 is 2.16 bits per heavy atom. The fourth-order valence-corrected chi connectivity index (χ4v) is 3.65. The number of benzene rings is 1. The van der Waals surface area contributed by atoms with E-state index in [-0.39, 0.29) is 12.0 Å². The highest BCUT2D eigenvalue weighted by atomic mass is 32.2. The molecule has 0 spiro atoms. The fraction of sp³-hybridized carbons (Fsp3) is 0.571. The first-order valence-corrected chi connectivity index (χ1v) is 8.28.